The lowest BCUT2D eigenvalue weighted by molar-refractivity contribution is -0.118. The van der Waals surface area contributed by atoms with Crippen LogP contribution in [0.3, 0.4) is 0 Å². The summed E-state index contributed by atoms with van der Waals surface area (Å²) in [6.07, 6.45) is 1.68. The summed E-state index contributed by atoms with van der Waals surface area (Å²) >= 11 is 6.96. The van der Waals surface area contributed by atoms with Gasteiger partial charge >= 0.3 is 0 Å². The summed E-state index contributed by atoms with van der Waals surface area (Å²) in [4.78, 5) is 35.5. The fourth-order valence-corrected chi connectivity index (χ4v) is 3.87. The fourth-order valence-electron chi connectivity index (χ4n) is 3.01. The highest BCUT2D eigenvalue weighted by molar-refractivity contribution is 8.18. The van der Waals surface area contributed by atoms with Crippen molar-refractivity contribution in [3.63, 3.8) is 0 Å². The van der Waals surface area contributed by atoms with E-state index >= 15 is 0 Å². The molecule has 1 saturated heterocycles. The summed E-state index contributed by atoms with van der Waals surface area (Å²) in [7, 11) is 0. The molecule has 6 nitrogen and oxygen atoms in total. The molecule has 1 aliphatic rings. The van der Waals surface area contributed by atoms with Crippen molar-refractivity contribution in [3.05, 3.63) is 75.7 Å². The van der Waals surface area contributed by atoms with Crippen LogP contribution in [0.15, 0.2) is 59.5 Å². The molecule has 0 radical (unpaired) electrons. The molecular formula is C23H17ClN2O4S. The van der Waals surface area contributed by atoms with E-state index in [2.05, 4.69) is 10.6 Å². The van der Waals surface area contributed by atoms with Gasteiger partial charge in [-0.25, -0.2) is 0 Å². The highest BCUT2D eigenvalue weighted by atomic mass is 35.5. The summed E-state index contributed by atoms with van der Waals surface area (Å²) in [5.74, 6) is -0.110. The normalized spacial score (nSPS) is 14.7. The number of halogens is 1. The Kier molecular flexibility index (Phi) is 5.97. The van der Waals surface area contributed by atoms with Crippen molar-refractivity contribution in [2.45, 2.75) is 6.92 Å². The molecule has 0 unspecified atom stereocenters. The number of nitrogens with one attached hydrogen (secondary N) is 2. The predicted octanol–water partition coefficient (Wildman–Crippen LogP) is 5.14. The number of fused-ring (bicyclic) bond motifs is 1. The smallest absolute Gasteiger partial charge is 0.290 e. The van der Waals surface area contributed by atoms with Gasteiger partial charge in [-0.1, -0.05) is 35.9 Å². The highest BCUT2D eigenvalue weighted by Crippen LogP contribution is 2.28. The molecule has 1 fully saturated rings. The molecule has 0 atom stereocenters. The Morgan fingerprint density at radius 2 is 1.87 bits per heavy atom. The number of aryl methyl sites for hydroxylation is 1. The number of hydrogen-bond donors (Lipinski definition) is 2. The van der Waals surface area contributed by atoms with Crippen molar-refractivity contribution >= 4 is 63.0 Å². The average Bonchev–Trinajstić information content (AvgIpc) is 3.05. The molecule has 0 aliphatic carbocycles. The maximum absolute atomic E-state index is 12.2. The molecule has 4 rings (SSSR count). The van der Waals surface area contributed by atoms with Gasteiger partial charge in [0.25, 0.3) is 17.1 Å². The standard InChI is InChI=1S/C23H17ClN2O4S/c1-13-2-6-17(11-19(13)24)25-21(27)12-30-18-7-5-15-8-14(3-4-16(15)10-18)9-20-22(28)26-23(29)31-20/h2-11H,12H2,1H3,(H,25,27)(H,26,28,29)/b20-9+. The summed E-state index contributed by atoms with van der Waals surface area (Å²) < 4.78 is 5.62. The van der Waals surface area contributed by atoms with Crippen LogP contribution in [-0.4, -0.2) is 23.7 Å². The van der Waals surface area contributed by atoms with Gasteiger partial charge in [0.05, 0.1) is 4.91 Å². The van der Waals surface area contributed by atoms with E-state index < -0.39 is 0 Å². The van der Waals surface area contributed by atoms with Crippen LogP contribution in [0.1, 0.15) is 11.1 Å². The van der Waals surface area contributed by atoms with E-state index in [1.807, 2.05) is 43.3 Å². The number of rotatable bonds is 5. The van der Waals surface area contributed by atoms with Crippen LogP contribution in [0.2, 0.25) is 5.02 Å². The van der Waals surface area contributed by atoms with Gasteiger partial charge in [0.15, 0.2) is 6.61 Å². The molecule has 3 amide bonds. The molecule has 8 heteroatoms. The van der Waals surface area contributed by atoms with Crippen LogP contribution in [0.25, 0.3) is 16.8 Å². The minimum absolute atomic E-state index is 0.137. The first-order valence-corrected chi connectivity index (χ1v) is 10.5. The van der Waals surface area contributed by atoms with Gasteiger partial charge in [0.1, 0.15) is 5.75 Å². The zero-order valence-electron chi connectivity index (χ0n) is 16.4. The minimum Gasteiger partial charge on any atom is -0.484 e. The van der Waals surface area contributed by atoms with Gasteiger partial charge in [0.2, 0.25) is 0 Å². The number of thioether (sulfide) groups is 1. The number of amides is 3. The summed E-state index contributed by atoms with van der Waals surface area (Å²) in [5.41, 5.74) is 2.36. The number of imide groups is 1. The lowest BCUT2D eigenvalue weighted by Crippen LogP contribution is -2.20. The SMILES string of the molecule is Cc1ccc(NC(=O)COc2ccc3cc(/C=C4/SC(=O)NC4=O)ccc3c2)cc1Cl. The van der Waals surface area contributed by atoms with Crippen LogP contribution in [-0.2, 0) is 9.59 Å². The zero-order chi connectivity index (χ0) is 22.0. The third-order valence-corrected chi connectivity index (χ3v) is 5.82. The molecule has 2 N–H and O–H groups in total. The van der Waals surface area contributed by atoms with Crippen molar-refractivity contribution in [1.82, 2.24) is 5.32 Å². The van der Waals surface area contributed by atoms with Crippen LogP contribution >= 0.6 is 23.4 Å². The summed E-state index contributed by atoms with van der Waals surface area (Å²) in [5, 5.41) is 7.07. The number of ether oxygens (including phenoxy) is 1. The van der Waals surface area contributed by atoms with Crippen molar-refractivity contribution in [1.29, 1.82) is 0 Å². The van der Waals surface area contributed by atoms with E-state index in [1.165, 1.54) is 0 Å². The molecule has 0 bridgehead atoms. The topological polar surface area (TPSA) is 84.5 Å². The molecule has 3 aromatic carbocycles. The zero-order valence-corrected chi connectivity index (χ0v) is 18.0. The molecule has 156 valence electrons. The van der Waals surface area contributed by atoms with E-state index in [1.54, 1.807) is 24.3 Å². The summed E-state index contributed by atoms with van der Waals surface area (Å²) in [6, 6.07) is 16.5. The maximum Gasteiger partial charge on any atom is 0.290 e. The van der Waals surface area contributed by atoms with Crippen molar-refractivity contribution in [2.75, 3.05) is 11.9 Å². The Bertz CT molecular complexity index is 1260. The molecule has 0 saturated carbocycles. The van der Waals surface area contributed by atoms with Crippen LogP contribution in [0.5, 0.6) is 5.75 Å². The molecule has 31 heavy (non-hydrogen) atoms. The van der Waals surface area contributed by atoms with Crippen molar-refractivity contribution in [3.8, 4) is 5.75 Å². The molecule has 0 aromatic heterocycles. The Balaban J connectivity index is 1.41. The van der Waals surface area contributed by atoms with Gasteiger partial charge in [-0.15, -0.1) is 0 Å². The number of benzene rings is 3. The van der Waals surface area contributed by atoms with E-state index in [4.69, 9.17) is 16.3 Å². The third kappa shape index (κ3) is 5.07. The Morgan fingerprint density at radius 1 is 1.10 bits per heavy atom. The second kappa shape index (κ2) is 8.83. The highest BCUT2D eigenvalue weighted by Gasteiger charge is 2.24. The lowest BCUT2D eigenvalue weighted by atomic mass is 10.1. The monoisotopic (exact) mass is 452 g/mol. The van der Waals surface area contributed by atoms with Crippen LogP contribution in [0, 0.1) is 6.92 Å². The van der Waals surface area contributed by atoms with Crippen LogP contribution < -0.4 is 15.4 Å². The second-order valence-electron chi connectivity index (χ2n) is 6.92. The van der Waals surface area contributed by atoms with Gasteiger partial charge in [-0.3, -0.25) is 19.7 Å². The molecule has 3 aromatic rings. The summed E-state index contributed by atoms with van der Waals surface area (Å²) in [6.45, 7) is 1.75. The maximum atomic E-state index is 12.2. The van der Waals surface area contributed by atoms with Gasteiger partial charge in [-0.2, -0.15) is 0 Å². The van der Waals surface area contributed by atoms with Gasteiger partial charge in [-0.05, 0) is 77.0 Å². The number of carbonyl (C=O) groups is 3. The quantitative estimate of drug-likeness (QED) is 0.523. The largest absolute Gasteiger partial charge is 0.484 e. The molecular weight excluding hydrogens is 436 g/mol. The molecule has 1 aliphatic heterocycles. The number of anilines is 1. The van der Waals surface area contributed by atoms with E-state index in [9.17, 15) is 14.4 Å². The average molecular weight is 453 g/mol. The van der Waals surface area contributed by atoms with Crippen LogP contribution in [0.4, 0.5) is 10.5 Å². The van der Waals surface area contributed by atoms with E-state index in [-0.39, 0.29) is 23.7 Å². The Hall–Kier alpha value is -3.29. The second-order valence-corrected chi connectivity index (χ2v) is 8.34. The van der Waals surface area contributed by atoms with Gasteiger partial charge < -0.3 is 10.1 Å². The first kappa shape index (κ1) is 21.0. The first-order chi connectivity index (χ1) is 14.9. The Labute approximate surface area is 187 Å². The van der Waals surface area contributed by atoms with E-state index in [0.717, 1.165) is 33.7 Å². The number of carbonyl (C=O) groups excluding carboxylic acids is 3. The molecule has 0 spiro atoms. The van der Waals surface area contributed by atoms with Gasteiger partial charge in [0, 0.05) is 10.7 Å². The predicted molar refractivity (Wildman–Crippen MR) is 123 cm³/mol. The van der Waals surface area contributed by atoms with Crippen molar-refractivity contribution < 1.29 is 19.1 Å². The fraction of sp³-hybridized carbons (Fsp3) is 0.0870. The third-order valence-electron chi connectivity index (χ3n) is 4.60. The first-order valence-electron chi connectivity index (χ1n) is 9.35. The van der Waals surface area contributed by atoms with Crippen molar-refractivity contribution in [2.24, 2.45) is 0 Å². The number of hydrogen-bond acceptors (Lipinski definition) is 5. The minimum atomic E-state index is -0.384. The Morgan fingerprint density at radius 3 is 2.61 bits per heavy atom. The van der Waals surface area contributed by atoms with E-state index in [0.29, 0.717) is 21.4 Å². The molecule has 1 heterocycles. The lowest BCUT2D eigenvalue weighted by Gasteiger charge is -2.09.